The highest BCUT2D eigenvalue weighted by molar-refractivity contribution is 5.63. The second-order valence-electron chi connectivity index (χ2n) is 11.8. The molecule has 1 saturated heterocycles. The normalized spacial score (nSPS) is 24.9. The van der Waals surface area contributed by atoms with E-state index in [9.17, 15) is 8.78 Å². The molecule has 2 aromatic heterocycles. The number of ether oxygens (including phenoxy) is 1. The summed E-state index contributed by atoms with van der Waals surface area (Å²) in [4.78, 5) is 7.10. The van der Waals surface area contributed by atoms with E-state index in [2.05, 4.69) is 36.0 Å². The molecule has 1 saturated carbocycles. The summed E-state index contributed by atoms with van der Waals surface area (Å²) in [6, 6.07) is 16.0. The van der Waals surface area contributed by atoms with Crippen molar-refractivity contribution < 1.29 is 13.5 Å². The zero-order chi connectivity index (χ0) is 27.6. The molecule has 1 aliphatic heterocycles. The average molecular weight is 543 g/mol. The summed E-state index contributed by atoms with van der Waals surface area (Å²) in [5.41, 5.74) is 2.68. The van der Waals surface area contributed by atoms with Crippen LogP contribution in [0.4, 0.5) is 14.7 Å². The SMILES string of the molecule is Cc1nc(N2CCO[C@H]([C@@]34CC[C@@H](c5cc(-c6c(F)cccc6F)nnc53)C4(C)C)C2)n(Cc2ccccc2)n1. The molecule has 2 fully saturated rings. The Bertz CT molecular complexity index is 1570. The molecular weight excluding hydrogens is 510 g/mol. The summed E-state index contributed by atoms with van der Waals surface area (Å²) in [6.45, 7) is 9.04. The van der Waals surface area contributed by atoms with Gasteiger partial charge in [0.2, 0.25) is 5.95 Å². The number of hydrogen-bond acceptors (Lipinski definition) is 6. The molecule has 0 spiro atoms. The molecule has 3 heterocycles. The zero-order valence-corrected chi connectivity index (χ0v) is 22.9. The first kappa shape index (κ1) is 25.3. The summed E-state index contributed by atoms with van der Waals surface area (Å²) in [5.74, 6) is 0.515. The molecule has 4 aromatic rings. The minimum absolute atomic E-state index is 0.124. The van der Waals surface area contributed by atoms with Crippen molar-refractivity contribution in [3.05, 3.63) is 88.9 Å². The molecule has 40 heavy (non-hydrogen) atoms. The highest BCUT2D eigenvalue weighted by Crippen LogP contribution is 2.69. The van der Waals surface area contributed by atoms with Gasteiger partial charge in [-0.3, -0.25) is 0 Å². The summed E-state index contributed by atoms with van der Waals surface area (Å²) in [5, 5.41) is 13.8. The molecule has 3 aliphatic rings. The predicted molar refractivity (Wildman–Crippen MR) is 147 cm³/mol. The van der Waals surface area contributed by atoms with Crippen molar-refractivity contribution >= 4 is 5.95 Å². The van der Waals surface area contributed by atoms with Crippen LogP contribution in [0.3, 0.4) is 0 Å². The predicted octanol–water partition coefficient (Wildman–Crippen LogP) is 5.43. The fraction of sp³-hybridized carbons (Fsp3) is 0.419. The third-order valence-electron chi connectivity index (χ3n) is 9.52. The number of benzene rings is 2. The Morgan fingerprint density at radius 1 is 1.02 bits per heavy atom. The fourth-order valence-corrected chi connectivity index (χ4v) is 7.62. The van der Waals surface area contributed by atoms with E-state index < -0.39 is 11.6 Å². The first-order valence-electron chi connectivity index (χ1n) is 13.9. The van der Waals surface area contributed by atoms with E-state index in [0.717, 1.165) is 35.9 Å². The minimum Gasteiger partial charge on any atom is -0.374 e. The van der Waals surface area contributed by atoms with Crippen LogP contribution in [0.2, 0.25) is 0 Å². The third kappa shape index (κ3) is 3.63. The highest BCUT2D eigenvalue weighted by Gasteiger charge is 2.67. The number of rotatable bonds is 5. The van der Waals surface area contributed by atoms with Gasteiger partial charge in [0.05, 0.1) is 36.2 Å². The Kier molecular flexibility index (Phi) is 5.78. The number of fused-ring (bicyclic) bond motifs is 5. The van der Waals surface area contributed by atoms with Gasteiger partial charge in [-0.05, 0) is 60.4 Å². The standard InChI is InChI=1S/C31H32F2N6O/c1-19-34-29(39(37-19)17-20-8-5-4-6-9-20)38-14-15-40-26(18-38)31-13-12-22(30(31,2)3)21-16-25(35-36-28(21)31)27-23(32)10-7-11-24(27)33/h4-11,16,22,26H,12-15,17-18H2,1-3H3/t22-,26-,31-/m0/s1. The van der Waals surface area contributed by atoms with Gasteiger partial charge in [-0.1, -0.05) is 50.2 Å². The largest absolute Gasteiger partial charge is 0.374 e. The first-order chi connectivity index (χ1) is 19.3. The fourth-order valence-electron chi connectivity index (χ4n) is 7.62. The topological polar surface area (TPSA) is 69.0 Å². The molecule has 0 radical (unpaired) electrons. The molecule has 3 atom stereocenters. The number of morpholine rings is 1. The zero-order valence-electron chi connectivity index (χ0n) is 22.9. The van der Waals surface area contributed by atoms with Crippen LogP contribution in [0.25, 0.3) is 11.3 Å². The van der Waals surface area contributed by atoms with E-state index >= 15 is 0 Å². The van der Waals surface area contributed by atoms with Crippen molar-refractivity contribution in [2.75, 3.05) is 24.6 Å². The number of aromatic nitrogens is 5. The van der Waals surface area contributed by atoms with Crippen molar-refractivity contribution in [3.63, 3.8) is 0 Å². The van der Waals surface area contributed by atoms with Crippen molar-refractivity contribution in [3.8, 4) is 11.3 Å². The minimum atomic E-state index is -0.632. The van der Waals surface area contributed by atoms with Crippen LogP contribution in [0, 0.1) is 24.0 Å². The number of aryl methyl sites for hydroxylation is 1. The van der Waals surface area contributed by atoms with E-state index in [0.29, 0.717) is 26.2 Å². The lowest BCUT2D eigenvalue weighted by Crippen LogP contribution is -2.56. The van der Waals surface area contributed by atoms with Gasteiger partial charge in [-0.2, -0.15) is 20.3 Å². The Morgan fingerprint density at radius 2 is 1.80 bits per heavy atom. The molecular formula is C31H32F2N6O. The van der Waals surface area contributed by atoms with E-state index in [1.165, 1.54) is 23.8 Å². The van der Waals surface area contributed by atoms with Crippen molar-refractivity contribution in [2.45, 2.75) is 57.6 Å². The number of anilines is 1. The average Bonchev–Trinajstić information content (AvgIpc) is 3.51. The molecule has 9 heteroatoms. The van der Waals surface area contributed by atoms with Crippen LogP contribution >= 0.6 is 0 Å². The number of hydrogen-bond donors (Lipinski definition) is 0. The Hall–Kier alpha value is -3.72. The van der Waals surface area contributed by atoms with E-state index in [1.54, 1.807) is 0 Å². The van der Waals surface area contributed by atoms with E-state index in [4.69, 9.17) is 19.9 Å². The maximum Gasteiger partial charge on any atom is 0.224 e. The van der Waals surface area contributed by atoms with Crippen LogP contribution in [0.15, 0.2) is 54.6 Å². The van der Waals surface area contributed by atoms with Gasteiger partial charge in [0, 0.05) is 18.5 Å². The van der Waals surface area contributed by atoms with Crippen LogP contribution in [-0.2, 0) is 16.7 Å². The lowest BCUT2D eigenvalue weighted by molar-refractivity contribution is -0.0471. The molecule has 0 amide bonds. The Morgan fingerprint density at radius 3 is 2.58 bits per heavy atom. The summed E-state index contributed by atoms with van der Waals surface area (Å²) >= 11 is 0. The van der Waals surface area contributed by atoms with Gasteiger partial charge in [-0.15, -0.1) is 0 Å². The molecule has 2 aromatic carbocycles. The Balaban J connectivity index is 1.24. The summed E-state index contributed by atoms with van der Waals surface area (Å²) < 4.78 is 37.8. The van der Waals surface area contributed by atoms with E-state index in [-0.39, 0.29) is 34.1 Å². The third-order valence-corrected chi connectivity index (χ3v) is 9.52. The van der Waals surface area contributed by atoms with Gasteiger partial charge in [-0.25, -0.2) is 13.5 Å². The van der Waals surface area contributed by atoms with Crippen molar-refractivity contribution in [2.24, 2.45) is 5.41 Å². The molecule has 2 aliphatic carbocycles. The number of halogens is 2. The summed E-state index contributed by atoms with van der Waals surface area (Å²) in [6.07, 6.45) is 1.75. The smallest absolute Gasteiger partial charge is 0.224 e. The maximum atomic E-state index is 14.6. The highest BCUT2D eigenvalue weighted by atomic mass is 19.1. The monoisotopic (exact) mass is 542 g/mol. The van der Waals surface area contributed by atoms with Crippen LogP contribution in [0.5, 0.6) is 0 Å². The van der Waals surface area contributed by atoms with Gasteiger partial charge < -0.3 is 9.64 Å². The molecule has 0 N–H and O–H groups in total. The Labute approximate surface area is 232 Å². The molecule has 206 valence electrons. The van der Waals surface area contributed by atoms with E-state index in [1.807, 2.05) is 35.9 Å². The second kappa shape index (κ2) is 9.16. The molecule has 2 bridgehead atoms. The summed E-state index contributed by atoms with van der Waals surface area (Å²) in [7, 11) is 0. The van der Waals surface area contributed by atoms with Crippen LogP contribution < -0.4 is 4.90 Å². The maximum absolute atomic E-state index is 14.6. The number of nitrogens with zero attached hydrogens (tertiary/aromatic N) is 6. The van der Waals surface area contributed by atoms with Gasteiger partial charge in [0.25, 0.3) is 0 Å². The quantitative estimate of drug-likeness (QED) is 0.335. The molecule has 7 rings (SSSR count). The van der Waals surface area contributed by atoms with Crippen LogP contribution in [-0.4, -0.2) is 50.8 Å². The van der Waals surface area contributed by atoms with Gasteiger partial charge >= 0.3 is 0 Å². The van der Waals surface area contributed by atoms with Crippen molar-refractivity contribution in [1.29, 1.82) is 0 Å². The van der Waals surface area contributed by atoms with Gasteiger partial charge in [0.15, 0.2) is 0 Å². The lowest BCUT2D eigenvalue weighted by atomic mass is 9.64. The van der Waals surface area contributed by atoms with Crippen LogP contribution in [0.1, 0.15) is 55.3 Å². The van der Waals surface area contributed by atoms with Gasteiger partial charge in [0.1, 0.15) is 17.5 Å². The molecule has 0 unspecified atom stereocenters. The van der Waals surface area contributed by atoms with Crippen molar-refractivity contribution in [1.82, 2.24) is 25.0 Å². The lowest BCUT2D eigenvalue weighted by Gasteiger charge is -2.47. The second-order valence-corrected chi connectivity index (χ2v) is 11.8. The molecule has 7 nitrogen and oxygen atoms in total. The first-order valence-corrected chi connectivity index (χ1v) is 13.9.